The molecule has 0 nitrogen and oxygen atoms in total. The highest BCUT2D eigenvalue weighted by Crippen LogP contribution is 2.51. The lowest BCUT2D eigenvalue weighted by Gasteiger charge is -2.43. The molecule has 2 fully saturated rings. The largest absolute Gasteiger partial charge is 0.109 e. The Morgan fingerprint density at radius 2 is 1.31 bits per heavy atom. The van der Waals surface area contributed by atoms with Gasteiger partial charge in [-0.15, -0.1) is 0 Å². The van der Waals surface area contributed by atoms with Gasteiger partial charge in [-0.3, -0.25) is 0 Å². The molecule has 0 saturated heterocycles. The second kappa shape index (κ2) is 4.06. The van der Waals surface area contributed by atoms with E-state index in [-0.39, 0.29) is 0 Å². The van der Waals surface area contributed by atoms with E-state index in [0.29, 0.717) is 0 Å². The van der Waals surface area contributed by atoms with Gasteiger partial charge in [0.2, 0.25) is 0 Å². The van der Waals surface area contributed by atoms with E-state index in [9.17, 15) is 0 Å². The first-order valence-corrected chi connectivity index (χ1v) is 6.31. The maximum atomic E-state index is 2.57. The molecule has 0 bridgehead atoms. The average molecular weight is 178 g/mol. The van der Waals surface area contributed by atoms with Gasteiger partial charge in [0.15, 0.2) is 0 Å². The fourth-order valence-corrected chi connectivity index (χ4v) is 3.57. The van der Waals surface area contributed by atoms with Crippen LogP contribution in [0.5, 0.6) is 0 Å². The number of rotatable bonds is 1. The van der Waals surface area contributed by atoms with Gasteiger partial charge in [-0.2, -0.15) is 0 Å². The molecule has 0 atom stereocenters. The molecule has 1 heteroatoms. The third-order valence-corrected chi connectivity index (χ3v) is 4.59. The van der Waals surface area contributed by atoms with E-state index < -0.39 is 0 Å². The van der Waals surface area contributed by atoms with E-state index in [1.165, 1.54) is 64.2 Å². The molecule has 2 saturated carbocycles. The van der Waals surface area contributed by atoms with Crippen LogP contribution >= 0.6 is 0 Å². The monoisotopic (exact) mass is 178 g/mol. The van der Waals surface area contributed by atoms with E-state index in [4.69, 9.17) is 0 Å². The third kappa shape index (κ3) is 2.11. The first kappa shape index (κ1) is 9.61. The molecule has 0 heterocycles. The first-order chi connectivity index (χ1) is 6.31. The lowest BCUT2D eigenvalue weighted by atomic mass is 9.51. The molecule has 0 aromatic heterocycles. The standard InChI is InChI=1S/C12H23B/c13-12(9-5-2-6-10-12)11-7-3-1-4-8-11/h11H,1-10,13H2. The van der Waals surface area contributed by atoms with Crippen LogP contribution in [0.3, 0.4) is 0 Å². The van der Waals surface area contributed by atoms with Crippen molar-refractivity contribution >= 4 is 7.85 Å². The predicted molar refractivity (Wildman–Crippen MR) is 60.9 cm³/mol. The van der Waals surface area contributed by atoms with E-state index >= 15 is 0 Å². The van der Waals surface area contributed by atoms with Crippen LogP contribution in [-0.4, -0.2) is 7.85 Å². The van der Waals surface area contributed by atoms with Gasteiger partial charge in [0, 0.05) is 0 Å². The maximum Gasteiger partial charge on any atom is 0.109 e. The highest BCUT2D eigenvalue weighted by molar-refractivity contribution is 6.15. The van der Waals surface area contributed by atoms with Gasteiger partial charge in [-0.05, 0) is 5.92 Å². The fourth-order valence-electron chi connectivity index (χ4n) is 3.57. The van der Waals surface area contributed by atoms with Crippen molar-refractivity contribution in [2.75, 3.05) is 0 Å². The molecule has 2 aliphatic carbocycles. The smallest absolute Gasteiger partial charge is 0.0557 e. The van der Waals surface area contributed by atoms with E-state index in [1.54, 1.807) is 0 Å². The van der Waals surface area contributed by atoms with Crippen LogP contribution in [0, 0.1) is 5.92 Å². The lowest BCUT2D eigenvalue weighted by Crippen LogP contribution is -2.28. The molecule has 0 amide bonds. The molecular formula is C12H23B. The summed E-state index contributed by atoms with van der Waals surface area (Å²) in [5, 5.41) is 0.749. The number of hydrogen-bond donors (Lipinski definition) is 0. The number of hydrogen-bond acceptors (Lipinski definition) is 0. The Kier molecular flexibility index (Phi) is 3.01. The van der Waals surface area contributed by atoms with Crippen molar-refractivity contribution in [3.05, 3.63) is 0 Å². The van der Waals surface area contributed by atoms with Crippen molar-refractivity contribution in [1.82, 2.24) is 0 Å². The first-order valence-electron chi connectivity index (χ1n) is 6.31. The van der Waals surface area contributed by atoms with Gasteiger partial charge in [0.25, 0.3) is 0 Å². The highest BCUT2D eigenvalue weighted by atomic mass is 14.4. The zero-order valence-electron chi connectivity index (χ0n) is 9.15. The van der Waals surface area contributed by atoms with Crippen LogP contribution in [0.2, 0.25) is 5.31 Å². The van der Waals surface area contributed by atoms with Gasteiger partial charge in [0.1, 0.15) is 7.85 Å². The van der Waals surface area contributed by atoms with E-state index in [0.717, 1.165) is 11.2 Å². The topological polar surface area (TPSA) is 0 Å². The fraction of sp³-hybridized carbons (Fsp3) is 1.00. The summed E-state index contributed by atoms with van der Waals surface area (Å²) in [6.07, 6.45) is 15.2. The summed E-state index contributed by atoms with van der Waals surface area (Å²) in [5.41, 5.74) is 0. The van der Waals surface area contributed by atoms with Gasteiger partial charge in [-0.1, -0.05) is 69.5 Å². The molecule has 0 aromatic carbocycles. The summed E-state index contributed by atoms with van der Waals surface area (Å²) >= 11 is 0. The van der Waals surface area contributed by atoms with Crippen LogP contribution < -0.4 is 0 Å². The summed E-state index contributed by atoms with van der Waals surface area (Å²) < 4.78 is 0. The molecule has 0 spiro atoms. The molecule has 0 unspecified atom stereocenters. The van der Waals surface area contributed by atoms with E-state index in [1.807, 2.05) is 0 Å². The zero-order valence-corrected chi connectivity index (χ0v) is 9.15. The third-order valence-electron chi connectivity index (χ3n) is 4.59. The molecule has 0 aromatic rings. The summed E-state index contributed by atoms with van der Waals surface area (Å²) in [4.78, 5) is 0. The van der Waals surface area contributed by atoms with E-state index in [2.05, 4.69) is 7.85 Å². The van der Waals surface area contributed by atoms with Gasteiger partial charge < -0.3 is 0 Å². The Bertz CT molecular complexity index is 153. The molecule has 2 rings (SSSR count). The quantitative estimate of drug-likeness (QED) is 0.540. The molecule has 74 valence electrons. The van der Waals surface area contributed by atoms with Crippen molar-refractivity contribution in [2.45, 2.75) is 69.5 Å². The predicted octanol–water partition coefficient (Wildman–Crippen LogP) is 3.32. The SMILES string of the molecule is BC1(C2CCCCC2)CCCCC1. The minimum Gasteiger partial charge on any atom is -0.0557 e. The molecular weight excluding hydrogens is 155 g/mol. The Labute approximate surface area is 83.9 Å². The highest BCUT2D eigenvalue weighted by Gasteiger charge is 2.35. The van der Waals surface area contributed by atoms with Crippen LogP contribution in [-0.2, 0) is 0 Å². The molecule has 13 heavy (non-hydrogen) atoms. The lowest BCUT2D eigenvalue weighted by molar-refractivity contribution is 0.213. The van der Waals surface area contributed by atoms with Crippen molar-refractivity contribution in [2.24, 2.45) is 5.92 Å². The molecule has 0 radical (unpaired) electrons. The van der Waals surface area contributed by atoms with Crippen LogP contribution in [0.15, 0.2) is 0 Å². The van der Waals surface area contributed by atoms with Gasteiger partial charge in [0.05, 0.1) is 0 Å². The summed E-state index contributed by atoms with van der Waals surface area (Å²) in [5.74, 6) is 1.08. The zero-order chi connectivity index (χ0) is 9.15. The maximum absolute atomic E-state index is 2.57. The summed E-state index contributed by atoms with van der Waals surface area (Å²) in [6.45, 7) is 0. The van der Waals surface area contributed by atoms with Crippen molar-refractivity contribution in [3.63, 3.8) is 0 Å². The second-order valence-electron chi connectivity index (χ2n) is 5.55. The molecule has 0 N–H and O–H groups in total. The Morgan fingerprint density at radius 3 is 1.92 bits per heavy atom. The average Bonchev–Trinajstić information content (AvgIpc) is 2.20. The normalized spacial score (nSPS) is 30.2. The van der Waals surface area contributed by atoms with Gasteiger partial charge >= 0.3 is 0 Å². The Morgan fingerprint density at radius 1 is 0.769 bits per heavy atom. The van der Waals surface area contributed by atoms with Crippen LogP contribution in [0.25, 0.3) is 0 Å². The Balaban J connectivity index is 1.94. The summed E-state index contributed by atoms with van der Waals surface area (Å²) in [7, 11) is 2.57. The second-order valence-corrected chi connectivity index (χ2v) is 5.55. The Hall–Kier alpha value is 0.0649. The van der Waals surface area contributed by atoms with Gasteiger partial charge in [-0.25, -0.2) is 0 Å². The molecule has 2 aliphatic rings. The van der Waals surface area contributed by atoms with Crippen molar-refractivity contribution < 1.29 is 0 Å². The minimum absolute atomic E-state index is 0.749. The molecule has 0 aliphatic heterocycles. The minimum atomic E-state index is 0.749. The van der Waals surface area contributed by atoms with Crippen molar-refractivity contribution in [1.29, 1.82) is 0 Å². The van der Waals surface area contributed by atoms with Crippen LogP contribution in [0.4, 0.5) is 0 Å². The summed E-state index contributed by atoms with van der Waals surface area (Å²) in [6, 6.07) is 0. The van der Waals surface area contributed by atoms with Crippen molar-refractivity contribution in [3.8, 4) is 0 Å². The van der Waals surface area contributed by atoms with Crippen LogP contribution in [0.1, 0.15) is 64.2 Å².